The first kappa shape index (κ1) is 16.5. The molecule has 0 bridgehead atoms. The van der Waals surface area contributed by atoms with Gasteiger partial charge in [0, 0.05) is 11.8 Å². The van der Waals surface area contributed by atoms with Gasteiger partial charge in [0.25, 0.3) is 0 Å². The quantitative estimate of drug-likeness (QED) is 0.417. The molecular formula is C16H19B2N4OS+. The number of fused-ring (bicyclic) bond motifs is 1. The molecule has 1 heterocycles. The lowest BCUT2D eigenvalue weighted by Crippen LogP contribution is -2.25. The molecule has 0 amide bonds. The molecule has 0 N–H and O–H groups in total. The molecule has 1 aromatic heterocycles. The second kappa shape index (κ2) is 6.65. The molecule has 0 aliphatic carbocycles. The van der Waals surface area contributed by atoms with Crippen LogP contribution in [-0.4, -0.2) is 23.1 Å². The van der Waals surface area contributed by atoms with Gasteiger partial charge in [-0.05, 0) is 59.3 Å². The molecule has 0 saturated heterocycles. The predicted molar refractivity (Wildman–Crippen MR) is 104 cm³/mol. The summed E-state index contributed by atoms with van der Waals surface area (Å²) in [4.78, 5) is 0. The maximum absolute atomic E-state index is 5.30. The second-order valence-electron chi connectivity index (χ2n) is 5.84. The van der Waals surface area contributed by atoms with Gasteiger partial charge in [-0.2, -0.15) is 0 Å². The third kappa shape index (κ3) is 3.14. The number of hydrogen-bond donors (Lipinski definition) is 0. The summed E-state index contributed by atoms with van der Waals surface area (Å²) < 4.78 is 10.6. The summed E-state index contributed by atoms with van der Waals surface area (Å²) in [6, 6.07) is 12.2. The Balaban J connectivity index is 1.94. The second-order valence-corrected chi connectivity index (χ2v) is 6.85. The van der Waals surface area contributed by atoms with Crippen LogP contribution in [0.3, 0.4) is 0 Å². The first-order valence-electron chi connectivity index (χ1n) is 7.66. The molecule has 8 heteroatoms. The predicted octanol–water partition coefficient (Wildman–Crippen LogP) is 2.36. The Labute approximate surface area is 147 Å². The monoisotopic (exact) mass is 337 g/mol. The van der Waals surface area contributed by atoms with Crippen molar-refractivity contribution in [2.24, 2.45) is 17.3 Å². The van der Waals surface area contributed by atoms with Gasteiger partial charge in [0.05, 0.1) is 24.0 Å². The Bertz CT molecular complexity index is 924. The lowest BCUT2D eigenvalue weighted by Gasteiger charge is -2.13. The molecule has 5 nitrogen and oxygen atoms in total. The van der Waals surface area contributed by atoms with Crippen LogP contribution in [0, 0.1) is 6.92 Å². The van der Waals surface area contributed by atoms with Gasteiger partial charge in [-0.3, -0.25) is 0 Å². The zero-order valence-electron chi connectivity index (χ0n) is 14.6. The van der Waals surface area contributed by atoms with E-state index in [1.807, 2.05) is 45.8 Å². The highest BCUT2D eigenvalue weighted by molar-refractivity contribution is 7.21. The average molecular weight is 337 g/mol. The van der Waals surface area contributed by atoms with E-state index in [1.165, 1.54) is 0 Å². The molecule has 0 atom stereocenters. The largest absolute Gasteiger partial charge is 0.497 e. The summed E-state index contributed by atoms with van der Waals surface area (Å²) in [7, 11) is 7.73. The first-order valence-corrected chi connectivity index (χ1v) is 8.47. The van der Waals surface area contributed by atoms with E-state index in [0.29, 0.717) is 0 Å². The molecule has 0 spiro atoms. The SMILES string of the molecule is BN(B)c1ccc(/N=N/c2sc3ccc(OC)cc3[n+]2C)c(C)c1. The minimum absolute atomic E-state index is 0.842. The van der Waals surface area contributed by atoms with Gasteiger partial charge in [-0.1, -0.05) is 0 Å². The Morgan fingerprint density at radius 3 is 2.58 bits per heavy atom. The van der Waals surface area contributed by atoms with Gasteiger partial charge in [-0.25, -0.2) is 4.57 Å². The van der Waals surface area contributed by atoms with E-state index >= 15 is 0 Å². The highest BCUT2D eigenvalue weighted by atomic mass is 32.1. The summed E-state index contributed by atoms with van der Waals surface area (Å²) in [5.41, 5.74) is 4.24. The third-order valence-electron chi connectivity index (χ3n) is 3.96. The van der Waals surface area contributed by atoms with Crippen molar-refractivity contribution >= 4 is 54.0 Å². The molecule has 3 aromatic rings. The molecule has 0 fully saturated rings. The van der Waals surface area contributed by atoms with Gasteiger partial charge in [0.1, 0.15) is 17.0 Å². The van der Waals surface area contributed by atoms with Crippen LogP contribution >= 0.6 is 11.3 Å². The number of aromatic nitrogens is 1. The molecule has 24 heavy (non-hydrogen) atoms. The van der Waals surface area contributed by atoms with Crippen molar-refractivity contribution in [3.8, 4) is 5.75 Å². The number of rotatable bonds is 4. The molecular weight excluding hydrogens is 318 g/mol. The molecule has 0 saturated carbocycles. The van der Waals surface area contributed by atoms with E-state index in [4.69, 9.17) is 4.74 Å². The zero-order chi connectivity index (χ0) is 17.3. The van der Waals surface area contributed by atoms with E-state index in [1.54, 1.807) is 18.4 Å². The minimum Gasteiger partial charge on any atom is -0.497 e. The van der Waals surface area contributed by atoms with Crippen LogP contribution in [0.5, 0.6) is 5.75 Å². The fraction of sp³-hybridized carbons (Fsp3) is 0.188. The summed E-state index contributed by atoms with van der Waals surface area (Å²) in [5, 5.41) is 9.75. The number of hydrogen-bond acceptors (Lipinski definition) is 5. The Kier molecular flexibility index (Phi) is 4.57. The van der Waals surface area contributed by atoms with Crippen LogP contribution in [0.4, 0.5) is 16.5 Å². The Morgan fingerprint density at radius 2 is 1.92 bits per heavy atom. The van der Waals surface area contributed by atoms with Gasteiger partial charge in [0.2, 0.25) is 16.0 Å². The van der Waals surface area contributed by atoms with Crippen molar-refractivity contribution in [3.63, 3.8) is 0 Å². The molecule has 0 radical (unpaired) electrons. The Morgan fingerprint density at radius 1 is 1.12 bits per heavy atom. The summed E-state index contributed by atoms with van der Waals surface area (Å²) in [6.07, 6.45) is 0. The van der Waals surface area contributed by atoms with E-state index in [0.717, 1.165) is 38.0 Å². The van der Waals surface area contributed by atoms with Crippen LogP contribution in [0.1, 0.15) is 5.56 Å². The molecule has 0 unspecified atom stereocenters. The standard InChI is InChI=1S/C16H19B2N4OS/c1-10-8-11(22(17)18)4-6-13(10)19-20-16-21(2)14-9-12(23-3)5-7-15(14)24-16/h4-9H,17-18H2,1-3H3/q+1. The van der Waals surface area contributed by atoms with Crippen molar-refractivity contribution in [2.45, 2.75) is 6.92 Å². The number of azo groups is 1. The summed E-state index contributed by atoms with van der Waals surface area (Å²) in [5.74, 6) is 0.842. The van der Waals surface area contributed by atoms with Crippen LogP contribution < -0.4 is 14.0 Å². The summed E-state index contributed by atoms with van der Waals surface area (Å²) in [6.45, 7) is 2.05. The fourth-order valence-electron chi connectivity index (χ4n) is 2.46. The molecule has 0 aliphatic heterocycles. The van der Waals surface area contributed by atoms with Gasteiger partial charge in [0.15, 0.2) is 0 Å². The fourth-order valence-corrected chi connectivity index (χ4v) is 3.41. The van der Waals surface area contributed by atoms with Gasteiger partial charge >= 0.3 is 5.13 Å². The molecule has 2 aromatic carbocycles. The number of ether oxygens (including phenoxy) is 1. The number of benzene rings is 2. The highest BCUT2D eigenvalue weighted by Gasteiger charge is 2.17. The number of nitrogens with zero attached hydrogens (tertiary/aromatic N) is 4. The van der Waals surface area contributed by atoms with Crippen molar-refractivity contribution in [3.05, 3.63) is 42.0 Å². The molecule has 120 valence electrons. The van der Waals surface area contributed by atoms with Crippen LogP contribution in [0.2, 0.25) is 0 Å². The van der Waals surface area contributed by atoms with Crippen LogP contribution in [0.15, 0.2) is 46.6 Å². The molecule has 3 rings (SSSR count). The first-order chi connectivity index (χ1) is 11.5. The van der Waals surface area contributed by atoms with Crippen molar-refractivity contribution in [2.75, 3.05) is 11.8 Å². The molecule has 0 aliphatic rings. The number of aryl methyl sites for hydroxylation is 2. The van der Waals surface area contributed by atoms with Crippen LogP contribution in [0.25, 0.3) is 10.2 Å². The van der Waals surface area contributed by atoms with Crippen molar-refractivity contribution in [1.82, 2.24) is 0 Å². The minimum atomic E-state index is 0.842. The smallest absolute Gasteiger partial charge is 0.409 e. The maximum atomic E-state index is 5.30. The van der Waals surface area contributed by atoms with E-state index < -0.39 is 0 Å². The highest BCUT2D eigenvalue weighted by Crippen LogP contribution is 2.30. The number of thiazole rings is 1. The van der Waals surface area contributed by atoms with Gasteiger partial charge in [-0.15, -0.1) is 0 Å². The topological polar surface area (TPSA) is 41.1 Å². The number of methoxy groups -OCH3 is 1. The number of anilines is 1. The normalized spacial score (nSPS) is 11.3. The third-order valence-corrected chi connectivity index (χ3v) is 5.06. The van der Waals surface area contributed by atoms with Crippen molar-refractivity contribution < 1.29 is 9.30 Å². The lowest BCUT2D eigenvalue weighted by atomic mass is 10.1. The lowest BCUT2D eigenvalue weighted by molar-refractivity contribution is -0.627. The van der Waals surface area contributed by atoms with Crippen LogP contribution in [-0.2, 0) is 7.05 Å². The zero-order valence-corrected chi connectivity index (χ0v) is 15.4. The van der Waals surface area contributed by atoms with Crippen molar-refractivity contribution in [1.29, 1.82) is 0 Å². The summed E-state index contributed by atoms with van der Waals surface area (Å²) >= 11 is 1.61. The van der Waals surface area contributed by atoms with E-state index in [9.17, 15) is 0 Å². The average Bonchev–Trinajstić information content (AvgIpc) is 2.89. The van der Waals surface area contributed by atoms with Gasteiger partial charge < -0.3 is 9.46 Å². The van der Waals surface area contributed by atoms with E-state index in [-0.39, 0.29) is 0 Å². The Hall–Kier alpha value is -2.34. The van der Waals surface area contributed by atoms with E-state index in [2.05, 4.69) is 40.1 Å². The maximum Gasteiger partial charge on any atom is 0.409 e.